The predicted molar refractivity (Wildman–Crippen MR) is 64.9 cm³/mol. The minimum atomic E-state index is 0.338. The van der Waals surface area contributed by atoms with E-state index in [9.17, 15) is 5.11 Å². The standard InChI is InChI=1S/C14H20O2/c1-11-9-13(7-8-14(11)15)16-10-12-5-3-2-4-6-12/h7-9,12,15H,2-6,10H2,1H3. The van der Waals surface area contributed by atoms with E-state index in [1.807, 2.05) is 19.1 Å². The molecular weight excluding hydrogens is 200 g/mol. The minimum Gasteiger partial charge on any atom is -0.508 e. The molecule has 0 atom stereocenters. The van der Waals surface area contributed by atoms with Crippen molar-refractivity contribution < 1.29 is 9.84 Å². The lowest BCUT2D eigenvalue weighted by atomic mass is 9.90. The molecule has 2 rings (SSSR count). The Labute approximate surface area is 97.3 Å². The summed E-state index contributed by atoms with van der Waals surface area (Å²) in [5, 5.41) is 9.41. The second kappa shape index (κ2) is 5.24. The van der Waals surface area contributed by atoms with E-state index in [-0.39, 0.29) is 0 Å². The van der Waals surface area contributed by atoms with Crippen LogP contribution in [0, 0.1) is 12.8 Å². The van der Waals surface area contributed by atoms with Gasteiger partial charge in [-0.05, 0) is 49.4 Å². The summed E-state index contributed by atoms with van der Waals surface area (Å²) in [5.74, 6) is 1.94. The summed E-state index contributed by atoms with van der Waals surface area (Å²) in [6, 6.07) is 5.44. The number of ether oxygens (including phenoxy) is 1. The number of hydrogen-bond acceptors (Lipinski definition) is 2. The molecule has 1 saturated carbocycles. The molecule has 0 spiro atoms. The maximum absolute atomic E-state index is 9.41. The van der Waals surface area contributed by atoms with Crippen LogP contribution < -0.4 is 4.74 Å². The molecule has 0 unspecified atom stereocenters. The van der Waals surface area contributed by atoms with Gasteiger partial charge < -0.3 is 9.84 Å². The highest BCUT2D eigenvalue weighted by Gasteiger charge is 2.13. The monoisotopic (exact) mass is 220 g/mol. The molecule has 1 aromatic rings. The van der Waals surface area contributed by atoms with Crippen molar-refractivity contribution in [3.05, 3.63) is 23.8 Å². The van der Waals surface area contributed by atoms with E-state index in [4.69, 9.17) is 4.74 Å². The van der Waals surface area contributed by atoms with Gasteiger partial charge in [0.15, 0.2) is 0 Å². The van der Waals surface area contributed by atoms with Gasteiger partial charge in [0.25, 0.3) is 0 Å². The van der Waals surface area contributed by atoms with Gasteiger partial charge >= 0.3 is 0 Å². The van der Waals surface area contributed by atoms with Crippen LogP contribution in [-0.2, 0) is 0 Å². The van der Waals surface area contributed by atoms with Crippen molar-refractivity contribution in [2.45, 2.75) is 39.0 Å². The summed E-state index contributed by atoms with van der Waals surface area (Å²) in [5.41, 5.74) is 0.876. The average Bonchev–Trinajstić information content (AvgIpc) is 2.32. The number of aryl methyl sites for hydroxylation is 1. The first kappa shape index (κ1) is 11.3. The van der Waals surface area contributed by atoms with Crippen LogP contribution in [0.15, 0.2) is 18.2 Å². The Morgan fingerprint density at radius 1 is 1.25 bits per heavy atom. The Morgan fingerprint density at radius 3 is 2.69 bits per heavy atom. The third kappa shape index (κ3) is 2.91. The van der Waals surface area contributed by atoms with Gasteiger partial charge in [0.1, 0.15) is 11.5 Å². The first-order chi connectivity index (χ1) is 7.75. The molecule has 1 N–H and O–H groups in total. The normalized spacial score (nSPS) is 17.3. The van der Waals surface area contributed by atoms with Crippen LogP contribution in [-0.4, -0.2) is 11.7 Å². The number of phenols is 1. The molecular formula is C14H20O2. The number of benzene rings is 1. The van der Waals surface area contributed by atoms with Gasteiger partial charge in [0.2, 0.25) is 0 Å². The van der Waals surface area contributed by atoms with Gasteiger partial charge in [0.05, 0.1) is 6.61 Å². The molecule has 0 aromatic heterocycles. The molecule has 0 saturated heterocycles. The zero-order valence-corrected chi connectivity index (χ0v) is 9.91. The van der Waals surface area contributed by atoms with Crippen molar-refractivity contribution in [1.82, 2.24) is 0 Å². The van der Waals surface area contributed by atoms with Crippen molar-refractivity contribution in [3.63, 3.8) is 0 Å². The van der Waals surface area contributed by atoms with E-state index >= 15 is 0 Å². The van der Waals surface area contributed by atoms with E-state index in [0.717, 1.165) is 23.8 Å². The lowest BCUT2D eigenvalue weighted by Crippen LogP contribution is -2.15. The van der Waals surface area contributed by atoms with E-state index < -0.39 is 0 Å². The summed E-state index contributed by atoms with van der Waals surface area (Å²) >= 11 is 0. The topological polar surface area (TPSA) is 29.5 Å². The van der Waals surface area contributed by atoms with Gasteiger partial charge in [-0.1, -0.05) is 19.3 Å². The van der Waals surface area contributed by atoms with Crippen molar-refractivity contribution >= 4 is 0 Å². The zero-order valence-electron chi connectivity index (χ0n) is 9.91. The summed E-state index contributed by atoms with van der Waals surface area (Å²) in [6.07, 6.45) is 6.69. The summed E-state index contributed by atoms with van der Waals surface area (Å²) in [6.45, 7) is 2.72. The smallest absolute Gasteiger partial charge is 0.119 e. The molecule has 1 fully saturated rings. The fourth-order valence-electron chi connectivity index (χ4n) is 2.29. The predicted octanol–water partition coefficient (Wildman–Crippen LogP) is 3.66. The molecule has 0 amide bonds. The summed E-state index contributed by atoms with van der Waals surface area (Å²) in [7, 11) is 0. The van der Waals surface area contributed by atoms with Crippen LogP contribution in [0.2, 0.25) is 0 Å². The third-order valence-corrected chi connectivity index (χ3v) is 3.38. The molecule has 0 bridgehead atoms. The second-order valence-electron chi connectivity index (χ2n) is 4.76. The minimum absolute atomic E-state index is 0.338. The molecule has 1 aromatic carbocycles. The second-order valence-corrected chi connectivity index (χ2v) is 4.76. The van der Waals surface area contributed by atoms with Crippen molar-refractivity contribution in [2.24, 2.45) is 5.92 Å². The Morgan fingerprint density at radius 2 is 2.00 bits per heavy atom. The highest BCUT2D eigenvalue weighted by atomic mass is 16.5. The molecule has 1 aliphatic carbocycles. The SMILES string of the molecule is Cc1cc(OCC2CCCCC2)ccc1O. The Hall–Kier alpha value is -1.18. The maximum atomic E-state index is 9.41. The Bertz CT molecular complexity index is 341. The fourth-order valence-corrected chi connectivity index (χ4v) is 2.29. The number of aromatic hydroxyl groups is 1. The highest BCUT2D eigenvalue weighted by molar-refractivity contribution is 5.38. The highest BCUT2D eigenvalue weighted by Crippen LogP contribution is 2.26. The van der Waals surface area contributed by atoms with Crippen LogP contribution in [0.3, 0.4) is 0 Å². The lowest BCUT2D eigenvalue weighted by Gasteiger charge is -2.21. The number of phenolic OH excluding ortho intramolecular Hbond substituents is 1. The van der Waals surface area contributed by atoms with Crippen LogP contribution in [0.25, 0.3) is 0 Å². The maximum Gasteiger partial charge on any atom is 0.119 e. The van der Waals surface area contributed by atoms with Gasteiger partial charge in [0, 0.05) is 0 Å². The summed E-state index contributed by atoms with van der Waals surface area (Å²) < 4.78 is 5.77. The Balaban J connectivity index is 1.86. The van der Waals surface area contributed by atoms with E-state index in [2.05, 4.69) is 0 Å². The van der Waals surface area contributed by atoms with Crippen LogP contribution in [0.4, 0.5) is 0 Å². The first-order valence-electron chi connectivity index (χ1n) is 6.18. The zero-order chi connectivity index (χ0) is 11.4. The molecule has 0 heterocycles. The van der Waals surface area contributed by atoms with Gasteiger partial charge in [-0.15, -0.1) is 0 Å². The van der Waals surface area contributed by atoms with Gasteiger partial charge in [-0.2, -0.15) is 0 Å². The number of hydrogen-bond donors (Lipinski definition) is 1. The molecule has 88 valence electrons. The molecule has 16 heavy (non-hydrogen) atoms. The third-order valence-electron chi connectivity index (χ3n) is 3.38. The largest absolute Gasteiger partial charge is 0.508 e. The molecule has 2 heteroatoms. The molecule has 1 aliphatic rings. The summed E-state index contributed by atoms with van der Waals surface area (Å²) in [4.78, 5) is 0. The first-order valence-corrected chi connectivity index (χ1v) is 6.18. The molecule has 0 aliphatic heterocycles. The quantitative estimate of drug-likeness (QED) is 0.842. The van der Waals surface area contributed by atoms with Gasteiger partial charge in [-0.25, -0.2) is 0 Å². The van der Waals surface area contributed by atoms with Gasteiger partial charge in [-0.3, -0.25) is 0 Å². The van der Waals surface area contributed by atoms with Crippen molar-refractivity contribution in [1.29, 1.82) is 0 Å². The van der Waals surface area contributed by atoms with Crippen molar-refractivity contribution in [2.75, 3.05) is 6.61 Å². The van der Waals surface area contributed by atoms with Crippen LogP contribution in [0.1, 0.15) is 37.7 Å². The van der Waals surface area contributed by atoms with Crippen LogP contribution in [0.5, 0.6) is 11.5 Å². The van der Waals surface area contributed by atoms with E-state index in [1.54, 1.807) is 6.07 Å². The van der Waals surface area contributed by atoms with Crippen LogP contribution >= 0.6 is 0 Å². The van der Waals surface area contributed by atoms with E-state index in [1.165, 1.54) is 32.1 Å². The van der Waals surface area contributed by atoms with E-state index in [0.29, 0.717) is 5.75 Å². The number of rotatable bonds is 3. The average molecular weight is 220 g/mol. The molecule has 2 nitrogen and oxygen atoms in total. The fraction of sp³-hybridized carbons (Fsp3) is 0.571. The lowest BCUT2D eigenvalue weighted by molar-refractivity contribution is 0.208. The molecule has 0 radical (unpaired) electrons. The van der Waals surface area contributed by atoms with Crippen molar-refractivity contribution in [3.8, 4) is 11.5 Å². The Kier molecular flexibility index (Phi) is 3.70.